The molecular weight excluding hydrogens is 318 g/mol. The molecular formula is C15H17N3O4S. The highest BCUT2D eigenvalue weighted by molar-refractivity contribution is 7.09. The molecule has 23 heavy (non-hydrogen) atoms. The van der Waals surface area contributed by atoms with Crippen molar-refractivity contribution >= 4 is 17.0 Å². The number of nitrogens with one attached hydrogen (secondary N) is 1. The zero-order chi connectivity index (χ0) is 16.4. The monoisotopic (exact) mass is 335 g/mol. The Kier molecular flexibility index (Phi) is 4.44. The van der Waals surface area contributed by atoms with Crippen LogP contribution in [0.5, 0.6) is 5.75 Å². The molecule has 0 unspecified atom stereocenters. The van der Waals surface area contributed by atoms with Gasteiger partial charge in [-0.25, -0.2) is 0 Å². The molecule has 2 aromatic rings. The van der Waals surface area contributed by atoms with Gasteiger partial charge in [-0.3, -0.25) is 19.8 Å². The molecule has 0 atom stereocenters. The third kappa shape index (κ3) is 3.27. The van der Waals surface area contributed by atoms with E-state index in [2.05, 4.69) is 9.88 Å². The smallest absolute Gasteiger partial charge is 0.311 e. The van der Waals surface area contributed by atoms with Gasteiger partial charge in [-0.2, -0.15) is 0 Å². The Bertz CT molecular complexity index is 777. The molecule has 1 aromatic carbocycles. The van der Waals surface area contributed by atoms with Gasteiger partial charge in [0.15, 0.2) is 5.75 Å². The number of benzene rings is 1. The SMILES string of the molecule is COc1ccc(-c2[nH]c(=O)sc2CN2CCCC2)cc1[N+](=O)[O-]. The maximum atomic E-state index is 11.8. The third-order valence-corrected chi connectivity index (χ3v) is 4.82. The summed E-state index contributed by atoms with van der Waals surface area (Å²) in [5.74, 6) is 0.206. The lowest BCUT2D eigenvalue weighted by atomic mass is 10.1. The molecule has 0 aliphatic carbocycles. The molecule has 7 nitrogen and oxygen atoms in total. The Balaban J connectivity index is 1.99. The summed E-state index contributed by atoms with van der Waals surface area (Å²) in [7, 11) is 1.40. The van der Waals surface area contributed by atoms with Crippen LogP contribution in [-0.2, 0) is 6.54 Å². The predicted octanol–water partition coefficient (Wildman–Crippen LogP) is 2.62. The first-order chi connectivity index (χ1) is 11.1. The van der Waals surface area contributed by atoms with Gasteiger partial charge in [0.2, 0.25) is 0 Å². The van der Waals surface area contributed by atoms with Crippen LogP contribution >= 0.6 is 11.3 Å². The summed E-state index contributed by atoms with van der Waals surface area (Å²) < 4.78 is 5.02. The van der Waals surface area contributed by atoms with Gasteiger partial charge in [-0.1, -0.05) is 11.3 Å². The van der Waals surface area contributed by atoms with Crippen LogP contribution in [0.1, 0.15) is 17.7 Å². The highest BCUT2D eigenvalue weighted by atomic mass is 32.1. The number of ether oxygens (including phenoxy) is 1. The fourth-order valence-electron chi connectivity index (χ4n) is 2.84. The molecule has 1 fully saturated rings. The lowest BCUT2D eigenvalue weighted by Crippen LogP contribution is -2.18. The molecule has 0 saturated carbocycles. The number of methoxy groups -OCH3 is 1. The van der Waals surface area contributed by atoms with Crippen LogP contribution in [0.15, 0.2) is 23.0 Å². The summed E-state index contributed by atoms with van der Waals surface area (Å²) in [6, 6.07) is 4.74. The Labute approximate surface area is 136 Å². The summed E-state index contributed by atoms with van der Waals surface area (Å²) in [5, 5.41) is 11.2. The Morgan fingerprint density at radius 2 is 2.13 bits per heavy atom. The molecule has 1 saturated heterocycles. The molecule has 2 heterocycles. The Hall–Kier alpha value is -2.19. The van der Waals surface area contributed by atoms with E-state index in [1.807, 2.05) is 0 Å². The minimum Gasteiger partial charge on any atom is -0.490 e. The van der Waals surface area contributed by atoms with Crippen molar-refractivity contribution in [3.05, 3.63) is 42.9 Å². The molecule has 0 amide bonds. The first-order valence-electron chi connectivity index (χ1n) is 7.35. The van der Waals surface area contributed by atoms with E-state index in [-0.39, 0.29) is 16.3 Å². The van der Waals surface area contributed by atoms with Crippen molar-refractivity contribution in [2.24, 2.45) is 0 Å². The molecule has 1 N–H and O–H groups in total. The normalized spacial score (nSPS) is 15.0. The van der Waals surface area contributed by atoms with Crippen molar-refractivity contribution in [1.29, 1.82) is 0 Å². The van der Waals surface area contributed by atoms with E-state index < -0.39 is 4.92 Å². The summed E-state index contributed by atoms with van der Waals surface area (Å²) in [4.78, 5) is 28.4. The first-order valence-corrected chi connectivity index (χ1v) is 8.17. The number of aromatic amines is 1. The minimum atomic E-state index is -0.479. The second-order valence-electron chi connectivity index (χ2n) is 5.44. The van der Waals surface area contributed by atoms with E-state index >= 15 is 0 Å². The molecule has 0 spiro atoms. The van der Waals surface area contributed by atoms with Gasteiger partial charge in [0, 0.05) is 23.1 Å². The van der Waals surface area contributed by atoms with Gasteiger partial charge < -0.3 is 9.72 Å². The first kappa shape index (κ1) is 15.7. The maximum absolute atomic E-state index is 11.8. The van der Waals surface area contributed by atoms with Crippen molar-refractivity contribution < 1.29 is 9.66 Å². The number of thiazole rings is 1. The van der Waals surface area contributed by atoms with Crippen LogP contribution in [0.4, 0.5) is 5.69 Å². The average molecular weight is 335 g/mol. The van der Waals surface area contributed by atoms with E-state index in [1.54, 1.807) is 12.1 Å². The highest BCUT2D eigenvalue weighted by Gasteiger charge is 2.20. The van der Waals surface area contributed by atoms with Crippen LogP contribution in [0.2, 0.25) is 0 Å². The van der Waals surface area contributed by atoms with Crippen molar-refractivity contribution in [3.8, 4) is 17.0 Å². The van der Waals surface area contributed by atoms with E-state index in [9.17, 15) is 14.9 Å². The van der Waals surface area contributed by atoms with Gasteiger partial charge in [0.1, 0.15) is 0 Å². The van der Waals surface area contributed by atoms with Crippen LogP contribution in [-0.4, -0.2) is 35.0 Å². The highest BCUT2D eigenvalue weighted by Crippen LogP contribution is 2.33. The molecule has 1 aromatic heterocycles. The molecule has 122 valence electrons. The number of hydrogen-bond donors (Lipinski definition) is 1. The number of aromatic nitrogens is 1. The summed E-state index contributed by atoms with van der Waals surface area (Å²) in [6.07, 6.45) is 2.34. The number of nitrogens with zero attached hydrogens (tertiary/aromatic N) is 2. The van der Waals surface area contributed by atoms with Crippen molar-refractivity contribution in [1.82, 2.24) is 9.88 Å². The lowest BCUT2D eigenvalue weighted by Gasteiger charge is -2.14. The average Bonchev–Trinajstić information content (AvgIpc) is 3.16. The number of hydrogen-bond acceptors (Lipinski definition) is 6. The second kappa shape index (κ2) is 6.51. The van der Waals surface area contributed by atoms with Gasteiger partial charge in [-0.15, -0.1) is 0 Å². The number of nitro groups is 1. The van der Waals surface area contributed by atoms with Crippen LogP contribution in [0.3, 0.4) is 0 Å². The predicted molar refractivity (Wildman–Crippen MR) is 88.1 cm³/mol. The summed E-state index contributed by atoms with van der Waals surface area (Å²) in [6.45, 7) is 2.74. The summed E-state index contributed by atoms with van der Waals surface area (Å²) in [5.41, 5.74) is 1.19. The zero-order valence-electron chi connectivity index (χ0n) is 12.7. The van der Waals surface area contributed by atoms with E-state index in [4.69, 9.17) is 4.74 Å². The lowest BCUT2D eigenvalue weighted by molar-refractivity contribution is -0.385. The van der Waals surface area contributed by atoms with Crippen LogP contribution in [0.25, 0.3) is 11.3 Å². The van der Waals surface area contributed by atoms with E-state index in [1.165, 1.54) is 37.4 Å². The number of H-pyrrole nitrogens is 1. The third-order valence-electron chi connectivity index (χ3n) is 3.95. The van der Waals surface area contributed by atoms with Gasteiger partial charge >= 0.3 is 10.6 Å². The van der Waals surface area contributed by atoms with Crippen LogP contribution < -0.4 is 9.61 Å². The fraction of sp³-hybridized carbons (Fsp3) is 0.400. The second-order valence-corrected chi connectivity index (χ2v) is 6.51. The molecule has 1 aliphatic rings. The van der Waals surface area contributed by atoms with Crippen molar-refractivity contribution in [2.75, 3.05) is 20.2 Å². The zero-order valence-corrected chi connectivity index (χ0v) is 13.5. The topological polar surface area (TPSA) is 88.5 Å². The quantitative estimate of drug-likeness (QED) is 0.670. The fourth-order valence-corrected chi connectivity index (χ4v) is 3.73. The largest absolute Gasteiger partial charge is 0.490 e. The van der Waals surface area contributed by atoms with Crippen molar-refractivity contribution in [2.45, 2.75) is 19.4 Å². The number of nitro benzene ring substituents is 1. The van der Waals surface area contributed by atoms with Gasteiger partial charge in [0.05, 0.1) is 17.7 Å². The van der Waals surface area contributed by atoms with E-state index in [0.717, 1.165) is 18.0 Å². The molecule has 8 heteroatoms. The molecule has 0 bridgehead atoms. The number of likely N-dealkylation sites (tertiary alicyclic amines) is 1. The maximum Gasteiger partial charge on any atom is 0.311 e. The van der Waals surface area contributed by atoms with Gasteiger partial charge in [-0.05, 0) is 38.1 Å². The number of rotatable bonds is 5. The molecule has 3 rings (SSSR count). The minimum absolute atomic E-state index is 0.107. The standard InChI is InChI=1S/C15H17N3O4S/c1-22-12-5-4-10(8-11(12)18(20)21)14-13(23-15(19)16-14)9-17-6-2-3-7-17/h4-5,8H,2-3,6-7,9H2,1H3,(H,16,19). The summed E-state index contributed by atoms with van der Waals surface area (Å²) >= 11 is 1.17. The Morgan fingerprint density at radius 1 is 1.39 bits per heavy atom. The van der Waals surface area contributed by atoms with Gasteiger partial charge in [0.25, 0.3) is 0 Å². The molecule has 0 radical (unpaired) electrons. The molecule has 1 aliphatic heterocycles. The van der Waals surface area contributed by atoms with Crippen LogP contribution in [0, 0.1) is 10.1 Å². The van der Waals surface area contributed by atoms with E-state index in [0.29, 0.717) is 17.8 Å². The van der Waals surface area contributed by atoms with Crippen molar-refractivity contribution in [3.63, 3.8) is 0 Å². The Morgan fingerprint density at radius 3 is 2.78 bits per heavy atom.